The Morgan fingerprint density at radius 1 is 1.22 bits per heavy atom. The second-order valence-electron chi connectivity index (χ2n) is 6.12. The van der Waals surface area contributed by atoms with Crippen molar-refractivity contribution in [2.24, 2.45) is 5.41 Å². The van der Waals surface area contributed by atoms with Gasteiger partial charge in [-0.15, -0.1) is 0 Å². The Morgan fingerprint density at radius 3 is 2.56 bits per heavy atom. The molecule has 1 atom stereocenters. The van der Waals surface area contributed by atoms with Gasteiger partial charge in [0.05, 0.1) is 13.0 Å². The van der Waals surface area contributed by atoms with Crippen LogP contribution in [0.2, 0.25) is 0 Å². The minimum absolute atomic E-state index is 0.0284. The molecule has 27 heavy (non-hydrogen) atoms. The maximum atomic E-state index is 12.6. The summed E-state index contributed by atoms with van der Waals surface area (Å²) in [6.07, 6.45) is -0.932. The lowest BCUT2D eigenvalue weighted by molar-refractivity contribution is -0.170. The first-order valence-electron chi connectivity index (χ1n) is 8.62. The molecule has 0 saturated carbocycles. The summed E-state index contributed by atoms with van der Waals surface area (Å²) in [7, 11) is 0. The quantitative estimate of drug-likeness (QED) is 0.471. The number of ether oxygens (including phenoxy) is 1. The minimum atomic E-state index is -2.13. The molecule has 3 N–H and O–H groups in total. The molecule has 2 aromatic rings. The fraction of sp³-hybridized carbons (Fsp3) is 0.368. The van der Waals surface area contributed by atoms with Gasteiger partial charge in [-0.1, -0.05) is 18.2 Å². The van der Waals surface area contributed by atoms with Crippen molar-refractivity contribution in [3.8, 4) is 0 Å². The van der Waals surface area contributed by atoms with Crippen molar-refractivity contribution in [3.63, 3.8) is 0 Å². The number of aromatic nitrogens is 1. The largest absolute Gasteiger partial charge is 0.480 e. The van der Waals surface area contributed by atoms with Crippen molar-refractivity contribution in [1.29, 1.82) is 0 Å². The smallest absolute Gasteiger partial charge is 0.324 e. The van der Waals surface area contributed by atoms with Crippen LogP contribution in [-0.2, 0) is 25.5 Å². The normalized spacial score (nSPS) is 13.0. The van der Waals surface area contributed by atoms with Crippen molar-refractivity contribution < 1.29 is 24.2 Å². The Morgan fingerprint density at radius 2 is 1.93 bits per heavy atom. The molecule has 0 aliphatic heterocycles. The van der Waals surface area contributed by atoms with Gasteiger partial charge in [0.25, 0.3) is 0 Å². The lowest BCUT2D eigenvalue weighted by Gasteiger charge is -2.27. The highest BCUT2D eigenvalue weighted by atomic mass is 16.5. The summed E-state index contributed by atoms with van der Waals surface area (Å²) in [5.41, 5.74) is -1.69. The number of nitrogens with one attached hydrogen (secondary N) is 2. The molecule has 144 valence electrons. The van der Waals surface area contributed by atoms with Crippen molar-refractivity contribution in [3.05, 3.63) is 46.2 Å². The predicted octanol–water partition coefficient (Wildman–Crippen LogP) is 1.23. The maximum absolute atomic E-state index is 12.6. The standard InChI is InChI=1S/C19H22N2O6/c1-3-20-16(23)11-19(17(24)25,18(26)27-4-2)10-12-9-15(22)21-14-8-6-5-7-13(12)14/h5-9H,3-4,10-11H2,1-2H3,(H,20,23)(H,21,22)(H,24,25). The summed E-state index contributed by atoms with van der Waals surface area (Å²) >= 11 is 0. The van der Waals surface area contributed by atoms with Crippen LogP contribution >= 0.6 is 0 Å². The number of H-pyrrole nitrogens is 1. The number of rotatable bonds is 8. The number of carbonyl (C=O) groups is 3. The summed E-state index contributed by atoms with van der Waals surface area (Å²) in [4.78, 5) is 51.5. The fourth-order valence-corrected chi connectivity index (χ4v) is 3.00. The molecule has 0 aliphatic rings. The van der Waals surface area contributed by atoms with Crippen molar-refractivity contribution in [2.45, 2.75) is 26.7 Å². The van der Waals surface area contributed by atoms with Gasteiger partial charge in [-0.3, -0.25) is 19.2 Å². The van der Waals surface area contributed by atoms with Gasteiger partial charge < -0.3 is 20.1 Å². The summed E-state index contributed by atoms with van der Waals surface area (Å²) in [5, 5.41) is 13.0. The summed E-state index contributed by atoms with van der Waals surface area (Å²) in [5.74, 6) is -3.06. The first kappa shape index (κ1) is 20.2. The molecule has 0 radical (unpaired) electrons. The van der Waals surface area contributed by atoms with E-state index in [0.29, 0.717) is 23.0 Å². The molecule has 1 aromatic carbocycles. The number of para-hydroxylation sites is 1. The highest BCUT2D eigenvalue weighted by Gasteiger charge is 2.49. The molecular formula is C19H22N2O6. The van der Waals surface area contributed by atoms with Crippen LogP contribution in [0.1, 0.15) is 25.8 Å². The molecular weight excluding hydrogens is 352 g/mol. The number of fused-ring (bicyclic) bond motifs is 1. The van der Waals surface area contributed by atoms with Gasteiger partial charge in [-0.25, -0.2) is 0 Å². The molecule has 2 rings (SSSR count). The van der Waals surface area contributed by atoms with E-state index in [1.807, 2.05) is 0 Å². The van der Waals surface area contributed by atoms with E-state index >= 15 is 0 Å². The zero-order valence-corrected chi connectivity index (χ0v) is 15.2. The zero-order chi connectivity index (χ0) is 20.0. The number of hydrogen-bond donors (Lipinski definition) is 3. The van der Waals surface area contributed by atoms with E-state index < -0.39 is 35.2 Å². The highest BCUT2D eigenvalue weighted by Crippen LogP contribution is 2.32. The maximum Gasteiger partial charge on any atom is 0.324 e. The van der Waals surface area contributed by atoms with E-state index in [2.05, 4.69) is 10.3 Å². The second kappa shape index (κ2) is 8.48. The Labute approximate surface area is 155 Å². The third kappa shape index (κ3) is 4.33. The van der Waals surface area contributed by atoms with E-state index in [-0.39, 0.29) is 13.0 Å². The van der Waals surface area contributed by atoms with Crippen LogP contribution in [0.5, 0.6) is 0 Å². The third-order valence-electron chi connectivity index (χ3n) is 4.24. The van der Waals surface area contributed by atoms with Crippen LogP contribution in [0.4, 0.5) is 0 Å². The Kier molecular flexibility index (Phi) is 6.33. The van der Waals surface area contributed by atoms with E-state index in [4.69, 9.17) is 4.74 Å². The average molecular weight is 374 g/mol. The Bertz CT molecular complexity index is 920. The van der Waals surface area contributed by atoms with E-state index in [0.717, 1.165) is 0 Å². The number of esters is 1. The number of aromatic amines is 1. The van der Waals surface area contributed by atoms with Crippen LogP contribution in [0.25, 0.3) is 10.9 Å². The van der Waals surface area contributed by atoms with Gasteiger partial charge in [-0.05, 0) is 25.5 Å². The molecule has 0 aliphatic carbocycles. The molecule has 0 fully saturated rings. The highest BCUT2D eigenvalue weighted by molar-refractivity contribution is 6.03. The zero-order valence-electron chi connectivity index (χ0n) is 15.2. The van der Waals surface area contributed by atoms with Crippen LogP contribution in [0.15, 0.2) is 35.1 Å². The summed E-state index contributed by atoms with van der Waals surface area (Å²) < 4.78 is 4.98. The Hall–Kier alpha value is -3.16. The van der Waals surface area contributed by atoms with E-state index in [1.165, 1.54) is 6.07 Å². The van der Waals surface area contributed by atoms with Gasteiger partial charge in [0, 0.05) is 29.9 Å². The first-order chi connectivity index (χ1) is 12.8. The SMILES string of the molecule is CCNC(=O)CC(Cc1cc(=O)[nH]c2ccccc12)(C(=O)O)C(=O)OCC. The summed E-state index contributed by atoms with van der Waals surface area (Å²) in [6.45, 7) is 3.51. The molecule has 0 spiro atoms. The average Bonchev–Trinajstić information content (AvgIpc) is 2.61. The van der Waals surface area contributed by atoms with Gasteiger partial charge in [0.1, 0.15) is 0 Å². The topological polar surface area (TPSA) is 126 Å². The van der Waals surface area contributed by atoms with Crippen molar-refractivity contribution in [1.82, 2.24) is 10.3 Å². The van der Waals surface area contributed by atoms with E-state index in [9.17, 15) is 24.3 Å². The van der Waals surface area contributed by atoms with Crippen LogP contribution in [-0.4, -0.2) is 41.1 Å². The third-order valence-corrected chi connectivity index (χ3v) is 4.24. The molecule has 0 bridgehead atoms. The monoisotopic (exact) mass is 374 g/mol. The number of carboxylic acid groups (broad SMARTS) is 1. The summed E-state index contributed by atoms with van der Waals surface area (Å²) in [6, 6.07) is 8.10. The van der Waals surface area contributed by atoms with Crippen molar-refractivity contribution in [2.75, 3.05) is 13.2 Å². The number of pyridine rings is 1. The lowest BCUT2D eigenvalue weighted by Crippen LogP contribution is -2.46. The predicted molar refractivity (Wildman–Crippen MR) is 98.3 cm³/mol. The number of carbonyl (C=O) groups excluding carboxylic acids is 2. The molecule has 1 amide bonds. The Balaban J connectivity index is 2.60. The molecule has 0 saturated heterocycles. The van der Waals surface area contributed by atoms with Gasteiger partial charge in [0.15, 0.2) is 5.41 Å². The molecule has 8 nitrogen and oxygen atoms in total. The number of carboxylic acids is 1. The number of hydrogen-bond acceptors (Lipinski definition) is 5. The van der Waals surface area contributed by atoms with Gasteiger partial charge in [0.2, 0.25) is 11.5 Å². The second-order valence-corrected chi connectivity index (χ2v) is 6.12. The van der Waals surface area contributed by atoms with Crippen LogP contribution < -0.4 is 10.9 Å². The first-order valence-corrected chi connectivity index (χ1v) is 8.62. The van der Waals surface area contributed by atoms with E-state index in [1.54, 1.807) is 38.1 Å². The van der Waals surface area contributed by atoms with Crippen LogP contribution in [0, 0.1) is 5.41 Å². The number of benzene rings is 1. The number of amides is 1. The lowest BCUT2D eigenvalue weighted by atomic mass is 9.77. The van der Waals surface area contributed by atoms with Gasteiger partial charge >= 0.3 is 11.9 Å². The number of aliphatic carboxylic acids is 1. The molecule has 1 aromatic heterocycles. The molecule has 1 unspecified atom stereocenters. The minimum Gasteiger partial charge on any atom is -0.480 e. The van der Waals surface area contributed by atoms with Crippen LogP contribution in [0.3, 0.4) is 0 Å². The molecule has 8 heteroatoms. The fourth-order valence-electron chi connectivity index (χ4n) is 3.00. The van der Waals surface area contributed by atoms with Gasteiger partial charge in [-0.2, -0.15) is 0 Å². The van der Waals surface area contributed by atoms with Crippen molar-refractivity contribution >= 4 is 28.7 Å². The molecule has 1 heterocycles.